The van der Waals surface area contributed by atoms with Gasteiger partial charge in [-0.15, -0.1) is 0 Å². The van der Waals surface area contributed by atoms with Crippen molar-refractivity contribution < 1.29 is 28.5 Å². The Bertz CT molecular complexity index is 1830. The second-order valence-corrected chi connectivity index (χ2v) is 9.86. The summed E-state index contributed by atoms with van der Waals surface area (Å²) in [5.74, 6) is 0.922. The number of carbonyl (C=O) groups is 2. The third-order valence-corrected chi connectivity index (χ3v) is 6.96. The molecule has 1 amide bonds. The van der Waals surface area contributed by atoms with E-state index in [1.54, 1.807) is 55.6 Å². The lowest BCUT2D eigenvalue weighted by Crippen LogP contribution is -2.19. The number of H-pyrrole nitrogens is 1. The van der Waals surface area contributed by atoms with Gasteiger partial charge < -0.3 is 23.9 Å². The van der Waals surface area contributed by atoms with E-state index in [1.807, 2.05) is 50.2 Å². The van der Waals surface area contributed by atoms with Gasteiger partial charge in [0.25, 0.3) is 5.91 Å². The maximum Gasteiger partial charge on any atom is 0.343 e. The molecular weight excluding hydrogens is 582 g/mol. The van der Waals surface area contributed by atoms with E-state index >= 15 is 0 Å². The van der Waals surface area contributed by atoms with Crippen LogP contribution in [0.25, 0.3) is 22.0 Å². The first-order valence-electron chi connectivity index (χ1n) is 13.9. The van der Waals surface area contributed by atoms with Crippen LogP contribution in [-0.2, 0) is 0 Å². The Balaban J connectivity index is 1.37. The number of nitrogens with one attached hydrogen (secondary N) is 2. The van der Waals surface area contributed by atoms with E-state index in [4.69, 9.17) is 30.5 Å². The van der Waals surface area contributed by atoms with Crippen LogP contribution in [0.15, 0.2) is 90.0 Å². The van der Waals surface area contributed by atoms with Crippen molar-refractivity contribution in [3.8, 4) is 34.1 Å². The minimum atomic E-state index is -0.539. The van der Waals surface area contributed by atoms with E-state index in [9.17, 15) is 9.59 Å². The van der Waals surface area contributed by atoms with Gasteiger partial charge in [-0.3, -0.25) is 4.79 Å². The molecule has 0 spiro atoms. The SMILES string of the molecule is CCOc1ccc2[nH]c(C(=O)NN=Cc3ccc(OC(=O)c4ccc(OC)cc4)c(OCC)c3)c(-c3ccccc3Cl)c2c1. The van der Waals surface area contributed by atoms with Gasteiger partial charge in [-0.2, -0.15) is 5.10 Å². The molecule has 224 valence electrons. The van der Waals surface area contributed by atoms with Crippen molar-refractivity contribution in [1.29, 1.82) is 0 Å². The average molecular weight is 612 g/mol. The number of aromatic nitrogens is 1. The lowest BCUT2D eigenvalue weighted by Gasteiger charge is -2.11. The molecule has 10 heteroatoms. The van der Waals surface area contributed by atoms with Crippen LogP contribution >= 0.6 is 11.6 Å². The molecule has 5 aromatic rings. The Morgan fingerprint density at radius 1 is 0.886 bits per heavy atom. The van der Waals surface area contributed by atoms with E-state index in [2.05, 4.69) is 15.5 Å². The number of carbonyl (C=O) groups excluding carboxylic acids is 2. The van der Waals surface area contributed by atoms with Crippen LogP contribution < -0.4 is 24.4 Å². The van der Waals surface area contributed by atoms with Crippen molar-refractivity contribution in [3.05, 3.63) is 107 Å². The highest BCUT2D eigenvalue weighted by Gasteiger charge is 2.21. The van der Waals surface area contributed by atoms with Gasteiger partial charge >= 0.3 is 5.97 Å². The fraction of sp³-hybridized carbons (Fsp3) is 0.147. The summed E-state index contributed by atoms with van der Waals surface area (Å²) < 4.78 is 22.1. The van der Waals surface area contributed by atoms with Crippen LogP contribution in [0.3, 0.4) is 0 Å². The van der Waals surface area contributed by atoms with Gasteiger partial charge in [-0.05, 0) is 86.1 Å². The number of hydrogen-bond acceptors (Lipinski definition) is 7. The highest BCUT2D eigenvalue weighted by atomic mass is 35.5. The number of nitrogens with zero attached hydrogens (tertiary/aromatic N) is 1. The highest BCUT2D eigenvalue weighted by Crippen LogP contribution is 2.38. The number of halogens is 1. The Morgan fingerprint density at radius 2 is 1.64 bits per heavy atom. The van der Waals surface area contributed by atoms with Gasteiger partial charge in [0.15, 0.2) is 11.5 Å². The van der Waals surface area contributed by atoms with Crippen molar-refractivity contribution in [2.75, 3.05) is 20.3 Å². The second kappa shape index (κ2) is 13.8. The Morgan fingerprint density at radius 3 is 2.36 bits per heavy atom. The smallest absolute Gasteiger partial charge is 0.343 e. The molecule has 5 rings (SSSR count). The summed E-state index contributed by atoms with van der Waals surface area (Å²) in [6, 6.07) is 24.5. The maximum atomic E-state index is 13.4. The molecule has 0 aliphatic carbocycles. The molecule has 44 heavy (non-hydrogen) atoms. The third-order valence-electron chi connectivity index (χ3n) is 6.63. The van der Waals surface area contributed by atoms with Crippen LogP contribution in [0.1, 0.15) is 40.3 Å². The van der Waals surface area contributed by atoms with Gasteiger partial charge in [-0.25, -0.2) is 10.2 Å². The van der Waals surface area contributed by atoms with Crippen LogP contribution in [0.5, 0.6) is 23.0 Å². The molecule has 1 aromatic heterocycles. The minimum absolute atomic E-state index is 0.253. The van der Waals surface area contributed by atoms with Crippen molar-refractivity contribution >= 4 is 40.6 Å². The van der Waals surface area contributed by atoms with Gasteiger partial charge in [0.1, 0.15) is 17.2 Å². The highest BCUT2D eigenvalue weighted by molar-refractivity contribution is 6.34. The number of methoxy groups -OCH3 is 1. The number of ether oxygens (including phenoxy) is 4. The van der Waals surface area contributed by atoms with Crippen molar-refractivity contribution in [2.45, 2.75) is 13.8 Å². The molecule has 0 unspecified atom stereocenters. The number of benzene rings is 4. The largest absolute Gasteiger partial charge is 0.497 e. The number of rotatable bonds is 11. The summed E-state index contributed by atoms with van der Waals surface area (Å²) >= 11 is 6.56. The zero-order valence-electron chi connectivity index (χ0n) is 24.3. The molecule has 0 saturated heterocycles. The summed E-state index contributed by atoms with van der Waals surface area (Å²) in [5, 5.41) is 5.47. The van der Waals surface area contributed by atoms with Gasteiger partial charge in [0.05, 0.1) is 32.1 Å². The zero-order chi connectivity index (χ0) is 31.1. The molecule has 0 aliphatic heterocycles. The summed E-state index contributed by atoms with van der Waals surface area (Å²) in [6.07, 6.45) is 1.47. The molecule has 0 saturated carbocycles. The van der Waals surface area contributed by atoms with Crippen LogP contribution in [-0.4, -0.2) is 43.4 Å². The molecule has 0 atom stereocenters. The second-order valence-electron chi connectivity index (χ2n) is 9.45. The first-order valence-corrected chi connectivity index (χ1v) is 14.3. The standard InChI is InChI=1S/C34H30ClN3O6/c1-4-42-24-15-16-28-26(19-24)31(25-8-6-7-9-27(25)35)32(37-28)33(39)38-36-20-21-10-17-29(30(18-21)43-5-2)44-34(40)22-11-13-23(41-3)14-12-22/h6-20,37H,4-5H2,1-3H3,(H,38,39). The lowest BCUT2D eigenvalue weighted by molar-refractivity contribution is 0.0728. The molecule has 2 N–H and O–H groups in total. The zero-order valence-corrected chi connectivity index (χ0v) is 25.1. The first-order chi connectivity index (χ1) is 21.4. The summed E-state index contributed by atoms with van der Waals surface area (Å²) in [7, 11) is 1.55. The van der Waals surface area contributed by atoms with Crippen LogP contribution in [0, 0.1) is 0 Å². The van der Waals surface area contributed by atoms with E-state index in [0.29, 0.717) is 63.4 Å². The maximum absolute atomic E-state index is 13.4. The fourth-order valence-corrected chi connectivity index (χ4v) is 4.84. The quantitative estimate of drug-likeness (QED) is 0.0703. The van der Waals surface area contributed by atoms with Gasteiger partial charge in [0.2, 0.25) is 0 Å². The predicted octanol–water partition coefficient (Wildman–Crippen LogP) is 7.28. The number of fused-ring (bicyclic) bond motifs is 1. The number of esters is 1. The van der Waals surface area contributed by atoms with E-state index in [-0.39, 0.29) is 5.75 Å². The first kappa shape index (κ1) is 30.2. The van der Waals surface area contributed by atoms with Crippen molar-refractivity contribution in [3.63, 3.8) is 0 Å². The Hall–Kier alpha value is -5.28. The average Bonchev–Trinajstić information content (AvgIpc) is 3.41. The number of hydrazone groups is 1. The van der Waals surface area contributed by atoms with Crippen molar-refractivity contribution in [2.24, 2.45) is 5.10 Å². The summed E-state index contributed by atoms with van der Waals surface area (Å²) in [4.78, 5) is 29.3. The third kappa shape index (κ3) is 6.68. The van der Waals surface area contributed by atoms with E-state index < -0.39 is 11.9 Å². The molecular formula is C34H30ClN3O6. The van der Waals surface area contributed by atoms with Gasteiger partial charge in [0, 0.05) is 27.1 Å². The van der Waals surface area contributed by atoms with Crippen molar-refractivity contribution in [1.82, 2.24) is 10.4 Å². The van der Waals surface area contributed by atoms with E-state index in [1.165, 1.54) is 6.21 Å². The topological polar surface area (TPSA) is 111 Å². The Kier molecular flexibility index (Phi) is 9.46. The molecule has 9 nitrogen and oxygen atoms in total. The van der Waals surface area contributed by atoms with E-state index in [0.717, 1.165) is 10.9 Å². The van der Waals surface area contributed by atoms with Crippen LogP contribution in [0.4, 0.5) is 0 Å². The molecule has 0 bridgehead atoms. The minimum Gasteiger partial charge on any atom is -0.497 e. The molecule has 0 fully saturated rings. The van der Waals surface area contributed by atoms with Gasteiger partial charge in [-0.1, -0.05) is 29.8 Å². The monoisotopic (exact) mass is 611 g/mol. The number of hydrogen-bond donors (Lipinski definition) is 2. The number of aromatic amines is 1. The fourth-order valence-electron chi connectivity index (χ4n) is 4.61. The Labute approximate surface area is 259 Å². The normalized spacial score (nSPS) is 11.0. The molecule has 0 radical (unpaired) electrons. The van der Waals surface area contributed by atoms with Crippen LogP contribution in [0.2, 0.25) is 5.02 Å². The predicted molar refractivity (Wildman–Crippen MR) is 171 cm³/mol. The molecule has 1 heterocycles. The molecule has 0 aliphatic rings. The number of amides is 1. The lowest BCUT2D eigenvalue weighted by atomic mass is 10.0. The molecule has 4 aromatic carbocycles. The summed E-state index contributed by atoms with van der Waals surface area (Å²) in [5.41, 5.74) is 5.96. The summed E-state index contributed by atoms with van der Waals surface area (Å²) in [6.45, 7) is 4.59.